The lowest BCUT2D eigenvalue weighted by molar-refractivity contribution is -0.864. The van der Waals surface area contributed by atoms with Gasteiger partial charge in [-0.3, -0.25) is 0 Å². The average molecular weight is 440 g/mol. The molecule has 22 heavy (non-hydrogen) atoms. The van der Waals surface area contributed by atoms with Crippen LogP contribution in [0.15, 0.2) is 25.3 Å². The van der Waals surface area contributed by atoms with Crippen molar-refractivity contribution >= 4 is 5.97 Å². The van der Waals surface area contributed by atoms with E-state index in [1.165, 1.54) is 0 Å². The molecule has 0 saturated carbocycles. The Morgan fingerprint density at radius 1 is 0.955 bits per heavy atom. The van der Waals surface area contributed by atoms with Gasteiger partial charge in [-0.25, -0.2) is 0 Å². The van der Waals surface area contributed by atoms with E-state index >= 15 is 0 Å². The van der Waals surface area contributed by atoms with E-state index in [1.54, 1.807) is 0 Å². The Bertz CT molecular complexity index is 300. The van der Waals surface area contributed by atoms with Gasteiger partial charge < -0.3 is 42.8 Å². The molecule has 0 aromatic heterocycles. The van der Waals surface area contributed by atoms with Crippen molar-refractivity contribution in [2.75, 3.05) is 55.4 Å². The maximum atomic E-state index is 10.5. The van der Waals surface area contributed by atoms with Gasteiger partial charge in [0.15, 0.2) is 0 Å². The molecule has 0 spiro atoms. The predicted molar refractivity (Wildman–Crippen MR) is 77.3 cm³/mol. The summed E-state index contributed by atoms with van der Waals surface area (Å²) in [5, 5.41) is 8.78. The van der Waals surface area contributed by atoms with Crippen LogP contribution >= 0.6 is 0 Å². The van der Waals surface area contributed by atoms with Gasteiger partial charge in [-0.05, 0) is 12.2 Å². The van der Waals surface area contributed by atoms with E-state index in [9.17, 15) is 13.2 Å². The van der Waals surface area contributed by atoms with Crippen molar-refractivity contribution in [3.8, 4) is 0 Å². The van der Waals surface area contributed by atoms with Crippen LogP contribution in [0.25, 0.3) is 0 Å². The Balaban J connectivity index is -0.000000108. The average Bonchev–Trinajstić information content (AvgIpc) is 2.13. The van der Waals surface area contributed by atoms with Crippen LogP contribution < -0.4 is 29.1 Å². The first kappa shape index (κ1) is 29.4. The zero-order valence-electron chi connectivity index (χ0n) is 14.2. The number of carboxylic acids is 1. The van der Waals surface area contributed by atoms with E-state index in [1.807, 2.05) is 12.2 Å². The van der Waals surface area contributed by atoms with Crippen LogP contribution in [0.3, 0.4) is 0 Å². The van der Waals surface area contributed by atoms with Crippen LogP contribution in [-0.4, -0.2) is 76.5 Å². The highest BCUT2D eigenvalue weighted by atomic mass is 127. The molecular formula is C14H28F3IN2O2. The molecule has 0 radical (unpaired) electrons. The normalized spacial score (nSPS) is 10.8. The van der Waals surface area contributed by atoms with Gasteiger partial charge >= 0.3 is 6.18 Å². The standard InChI is InChI=1S/2C6H14N.C2HF3O2.HI/c2*1-5-6-7(2,3)4;3-2(4,5)1(6)7;/h2*5H,1,6H2,2-4H3;(H,6,7);1H/q2*+1;;/p-2. The summed E-state index contributed by atoms with van der Waals surface area (Å²) in [6, 6.07) is 0. The van der Waals surface area contributed by atoms with E-state index in [-0.39, 0.29) is 24.0 Å². The van der Waals surface area contributed by atoms with Gasteiger partial charge in [0, 0.05) is 0 Å². The second-order valence-electron chi connectivity index (χ2n) is 6.31. The first-order valence-corrected chi connectivity index (χ1v) is 6.17. The molecule has 0 aliphatic heterocycles. The molecule has 0 unspecified atom stereocenters. The Labute approximate surface area is 149 Å². The summed E-state index contributed by atoms with van der Waals surface area (Å²) in [4.78, 5) is 8.78. The van der Waals surface area contributed by atoms with Crippen LogP contribution in [0.5, 0.6) is 0 Å². The summed E-state index contributed by atoms with van der Waals surface area (Å²) in [5.41, 5.74) is 0. The van der Waals surface area contributed by atoms with Crippen LogP contribution in [-0.2, 0) is 4.79 Å². The molecule has 8 heteroatoms. The third-order valence-corrected chi connectivity index (χ3v) is 1.59. The van der Waals surface area contributed by atoms with Crippen molar-refractivity contribution < 1.29 is 56.0 Å². The summed E-state index contributed by atoms with van der Waals surface area (Å²) >= 11 is 0. The molecule has 0 aliphatic carbocycles. The van der Waals surface area contributed by atoms with Crippen LogP contribution in [0.1, 0.15) is 0 Å². The fourth-order valence-corrected chi connectivity index (χ4v) is 0.775. The van der Waals surface area contributed by atoms with E-state index in [0.717, 1.165) is 22.1 Å². The Morgan fingerprint density at radius 3 is 1.14 bits per heavy atom. The molecule has 0 heterocycles. The van der Waals surface area contributed by atoms with Gasteiger partial charge in [0.1, 0.15) is 5.97 Å². The summed E-state index contributed by atoms with van der Waals surface area (Å²) in [6.45, 7) is 9.34. The second kappa shape index (κ2) is 12.9. The molecule has 0 atom stereocenters. The molecule has 0 aliphatic rings. The minimum Gasteiger partial charge on any atom is -1.00 e. The molecule has 134 valence electrons. The lowest BCUT2D eigenvalue weighted by atomic mass is 10.5. The van der Waals surface area contributed by atoms with Gasteiger partial charge in [0.25, 0.3) is 0 Å². The van der Waals surface area contributed by atoms with Gasteiger partial charge in [-0.15, -0.1) is 0 Å². The second-order valence-corrected chi connectivity index (χ2v) is 6.31. The lowest BCUT2D eigenvalue weighted by Crippen LogP contribution is -3.00. The molecule has 0 fully saturated rings. The van der Waals surface area contributed by atoms with Crippen LogP contribution in [0, 0.1) is 0 Å². The number of hydrogen-bond acceptors (Lipinski definition) is 2. The molecule has 0 amide bonds. The number of carbonyl (C=O) groups is 1. The zero-order chi connectivity index (χ0) is 17.9. The number of alkyl halides is 3. The largest absolute Gasteiger partial charge is 1.00 e. The lowest BCUT2D eigenvalue weighted by Gasteiger charge is -2.21. The number of carbonyl (C=O) groups excluding carboxylic acids is 1. The van der Waals surface area contributed by atoms with Crippen molar-refractivity contribution in [3.63, 3.8) is 0 Å². The molecule has 0 bridgehead atoms. The first-order chi connectivity index (χ1) is 9.06. The number of quaternary nitrogens is 2. The molecular weight excluding hydrogens is 412 g/mol. The molecule has 0 aromatic rings. The van der Waals surface area contributed by atoms with Gasteiger partial charge in [-0.2, -0.15) is 13.2 Å². The van der Waals surface area contributed by atoms with E-state index in [0.29, 0.717) is 0 Å². The number of nitrogens with zero attached hydrogens (tertiary/aromatic N) is 2. The minimum atomic E-state index is -5.19. The van der Waals surface area contributed by atoms with Crippen molar-refractivity contribution in [2.45, 2.75) is 6.18 Å². The molecule has 0 N–H and O–H groups in total. The Hall–Kier alpha value is -0.610. The highest BCUT2D eigenvalue weighted by Crippen LogP contribution is 2.11. The Kier molecular flexibility index (Phi) is 17.2. The zero-order valence-corrected chi connectivity index (χ0v) is 16.4. The van der Waals surface area contributed by atoms with Crippen molar-refractivity contribution in [1.82, 2.24) is 0 Å². The predicted octanol–water partition coefficient (Wildman–Crippen LogP) is -1.94. The third-order valence-electron chi connectivity index (χ3n) is 1.59. The number of carboxylic acid groups (broad SMARTS) is 1. The van der Waals surface area contributed by atoms with Crippen LogP contribution in [0.4, 0.5) is 13.2 Å². The molecule has 0 rings (SSSR count). The third kappa shape index (κ3) is 36.6. The fraction of sp³-hybridized carbons (Fsp3) is 0.643. The smallest absolute Gasteiger partial charge is 0.430 e. The van der Waals surface area contributed by atoms with Crippen molar-refractivity contribution in [1.29, 1.82) is 0 Å². The quantitative estimate of drug-likeness (QED) is 0.290. The topological polar surface area (TPSA) is 40.1 Å². The summed E-state index contributed by atoms with van der Waals surface area (Å²) in [5.74, 6) is -3.01. The monoisotopic (exact) mass is 440 g/mol. The Morgan fingerprint density at radius 2 is 1.14 bits per heavy atom. The molecule has 0 saturated heterocycles. The van der Waals surface area contributed by atoms with Crippen molar-refractivity contribution in [3.05, 3.63) is 25.3 Å². The number of halogens is 4. The molecule has 4 nitrogen and oxygen atoms in total. The minimum absolute atomic E-state index is 0. The first-order valence-electron chi connectivity index (χ1n) is 6.17. The van der Waals surface area contributed by atoms with E-state index < -0.39 is 12.1 Å². The number of likely N-dealkylation sites (N-methyl/N-ethyl adjacent to an activating group) is 2. The maximum absolute atomic E-state index is 10.5. The molecule has 0 aromatic carbocycles. The van der Waals surface area contributed by atoms with Gasteiger partial charge in [-0.1, -0.05) is 13.2 Å². The highest BCUT2D eigenvalue weighted by molar-refractivity contribution is 5.70. The number of aliphatic carboxylic acids is 1. The summed E-state index contributed by atoms with van der Waals surface area (Å²) < 4.78 is 33.5. The van der Waals surface area contributed by atoms with Crippen molar-refractivity contribution in [2.24, 2.45) is 0 Å². The summed E-state index contributed by atoms with van der Waals surface area (Å²) in [7, 11) is 12.8. The van der Waals surface area contributed by atoms with Crippen LogP contribution in [0.2, 0.25) is 0 Å². The fourth-order valence-electron chi connectivity index (χ4n) is 0.775. The number of hydrogen-bond donors (Lipinski definition) is 0. The number of rotatable bonds is 4. The van der Waals surface area contributed by atoms with Gasteiger partial charge in [0.2, 0.25) is 0 Å². The van der Waals surface area contributed by atoms with Gasteiger partial charge in [0.05, 0.1) is 55.4 Å². The maximum Gasteiger partial charge on any atom is 0.430 e. The SMILES string of the molecule is C=CC[N+](C)(C)C.C=CC[N+](C)(C)C.O=C([O-])C(F)(F)F.[I-]. The highest BCUT2D eigenvalue weighted by Gasteiger charge is 2.28. The summed E-state index contributed by atoms with van der Waals surface area (Å²) in [6.07, 6.45) is -1.33. The van der Waals surface area contributed by atoms with E-state index in [2.05, 4.69) is 55.4 Å². The van der Waals surface area contributed by atoms with E-state index in [4.69, 9.17) is 9.90 Å².